The summed E-state index contributed by atoms with van der Waals surface area (Å²) in [4.78, 5) is 26.8. The van der Waals surface area contributed by atoms with E-state index in [0.29, 0.717) is 16.4 Å². The number of aromatic amines is 1. The van der Waals surface area contributed by atoms with Crippen LogP contribution in [0.25, 0.3) is 10.9 Å². The van der Waals surface area contributed by atoms with Crippen LogP contribution in [0.3, 0.4) is 0 Å². The van der Waals surface area contributed by atoms with Crippen LogP contribution in [-0.2, 0) is 11.2 Å². The van der Waals surface area contributed by atoms with E-state index in [1.54, 1.807) is 29.8 Å². The number of carbonyl (C=O) groups excluding carboxylic acids is 1. The van der Waals surface area contributed by atoms with Gasteiger partial charge in [0.1, 0.15) is 0 Å². The van der Waals surface area contributed by atoms with E-state index >= 15 is 0 Å². The van der Waals surface area contributed by atoms with Gasteiger partial charge in [-0.15, -0.1) is 11.3 Å². The maximum Gasteiger partial charge on any atom is 0.309 e. The summed E-state index contributed by atoms with van der Waals surface area (Å²) in [6.07, 6.45) is 1.52. The molecule has 8 heteroatoms. The molecule has 0 aliphatic heterocycles. The predicted octanol–water partition coefficient (Wildman–Crippen LogP) is 1.90. The van der Waals surface area contributed by atoms with E-state index in [2.05, 4.69) is 20.5 Å². The highest BCUT2D eigenvalue weighted by Crippen LogP contribution is 2.18. The van der Waals surface area contributed by atoms with Crippen molar-refractivity contribution in [2.75, 3.05) is 5.32 Å². The minimum atomic E-state index is -0.956. The normalized spacial score (nSPS) is 10.7. The monoisotopic (exact) mass is 302 g/mol. The number of rotatable bonds is 4. The number of carboxylic acids is 1. The third-order valence-corrected chi connectivity index (χ3v) is 3.62. The fraction of sp³-hybridized carbons (Fsp3) is 0.0769. The molecule has 1 amide bonds. The first-order valence-corrected chi connectivity index (χ1v) is 6.90. The van der Waals surface area contributed by atoms with Crippen molar-refractivity contribution in [3.05, 3.63) is 41.0 Å². The molecule has 1 aromatic carbocycles. The van der Waals surface area contributed by atoms with Crippen LogP contribution in [0.4, 0.5) is 5.13 Å². The molecule has 0 saturated carbocycles. The van der Waals surface area contributed by atoms with E-state index in [1.807, 2.05) is 0 Å². The number of fused-ring (bicyclic) bond motifs is 1. The second kappa shape index (κ2) is 5.33. The lowest BCUT2D eigenvalue weighted by Crippen LogP contribution is -2.11. The van der Waals surface area contributed by atoms with Gasteiger partial charge in [0.15, 0.2) is 5.13 Å². The first-order valence-electron chi connectivity index (χ1n) is 6.02. The van der Waals surface area contributed by atoms with E-state index in [0.717, 1.165) is 10.9 Å². The summed E-state index contributed by atoms with van der Waals surface area (Å²) in [5.41, 5.74) is 1.67. The number of nitrogens with zero attached hydrogens (tertiary/aromatic N) is 2. The summed E-state index contributed by atoms with van der Waals surface area (Å²) in [5, 5.41) is 20.9. The zero-order valence-corrected chi connectivity index (χ0v) is 11.5. The van der Waals surface area contributed by atoms with Gasteiger partial charge in [0.25, 0.3) is 5.91 Å². The second-order valence-corrected chi connectivity index (χ2v) is 5.20. The van der Waals surface area contributed by atoms with Crippen LogP contribution in [0.15, 0.2) is 29.8 Å². The Morgan fingerprint density at radius 2 is 2.24 bits per heavy atom. The molecule has 0 unspecified atom stereocenters. The third kappa shape index (κ3) is 2.90. The van der Waals surface area contributed by atoms with Crippen LogP contribution in [-0.4, -0.2) is 32.2 Å². The van der Waals surface area contributed by atoms with Gasteiger partial charge in [-0.05, 0) is 12.1 Å². The van der Waals surface area contributed by atoms with Crippen molar-refractivity contribution in [1.29, 1.82) is 0 Å². The van der Waals surface area contributed by atoms with Gasteiger partial charge in [-0.2, -0.15) is 5.10 Å². The van der Waals surface area contributed by atoms with Gasteiger partial charge < -0.3 is 5.11 Å². The quantitative estimate of drug-likeness (QED) is 0.682. The van der Waals surface area contributed by atoms with E-state index < -0.39 is 5.97 Å². The van der Waals surface area contributed by atoms with E-state index in [9.17, 15) is 9.59 Å². The largest absolute Gasteiger partial charge is 0.481 e. The molecule has 0 radical (unpaired) electrons. The molecule has 0 aliphatic rings. The lowest BCUT2D eigenvalue weighted by atomic mass is 10.1. The van der Waals surface area contributed by atoms with Gasteiger partial charge in [-0.1, -0.05) is 6.07 Å². The van der Waals surface area contributed by atoms with Crippen molar-refractivity contribution >= 4 is 39.2 Å². The van der Waals surface area contributed by atoms with Crippen LogP contribution in [0.1, 0.15) is 16.1 Å². The molecule has 0 saturated heterocycles. The SMILES string of the molecule is O=C(O)Cc1csc(NC(=O)c2ccc3cn[nH]c3c2)n1. The molecule has 0 spiro atoms. The second-order valence-electron chi connectivity index (χ2n) is 4.34. The predicted molar refractivity (Wildman–Crippen MR) is 77.5 cm³/mol. The van der Waals surface area contributed by atoms with Crippen molar-refractivity contribution in [2.24, 2.45) is 0 Å². The Labute approximate surface area is 122 Å². The highest BCUT2D eigenvalue weighted by atomic mass is 32.1. The Kier molecular flexibility index (Phi) is 3.36. The number of thiazole rings is 1. The average Bonchev–Trinajstić information content (AvgIpc) is 3.06. The number of H-pyrrole nitrogens is 1. The fourth-order valence-electron chi connectivity index (χ4n) is 1.85. The minimum Gasteiger partial charge on any atom is -0.481 e. The highest BCUT2D eigenvalue weighted by Gasteiger charge is 2.11. The molecule has 0 fully saturated rings. The Hall–Kier alpha value is -2.74. The van der Waals surface area contributed by atoms with Crippen LogP contribution < -0.4 is 5.32 Å². The first kappa shape index (κ1) is 13.3. The molecule has 21 heavy (non-hydrogen) atoms. The Morgan fingerprint density at radius 3 is 3.05 bits per heavy atom. The standard InChI is InChI=1S/C13H10N4O3S/c18-11(19)4-9-6-21-13(15-9)16-12(20)7-1-2-8-5-14-17-10(8)3-7/h1-3,5-6H,4H2,(H,14,17)(H,18,19)(H,15,16,20). The van der Waals surface area contributed by atoms with Gasteiger partial charge >= 0.3 is 5.97 Å². The molecule has 0 bridgehead atoms. The van der Waals surface area contributed by atoms with Crippen molar-refractivity contribution in [3.63, 3.8) is 0 Å². The van der Waals surface area contributed by atoms with E-state index in [-0.39, 0.29) is 12.3 Å². The Bertz CT molecular complexity index is 824. The molecule has 2 aromatic heterocycles. The van der Waals surface area contributed by atoms with Crippen LogP contribution in [0.5, 0.6) is 0 Å². The van der Waals surface area contributed by atoms with Gasteiger partial charge in [-0.25, -0.2) is 4.98 Å². The summed E-state index contributed by atoms with van der Waals surface area (Å²) in [6, 6.07) is 5.19. The average molecular weight is 302 g/mol. The number of benzene rings is 1. The number of hydrogen-bond acceptors (Lipinski definition) is 5. The third-order valence-electron chi connectivity index (χ3n) is 2.81. The Balaban J connectivity index is 1.76. The van der Waals surface area contributed by atoms with Crippen molar-refractivity contribution in [1.82, 2.24) is 15.2 Å². The van der Waals surface area contributed by atoms with Crippen molar-refractivity contribution in [3.8, 4) is 0 Å². The first-order chi connectivity index (χ1) is 10.1. The molecule has 0 aliphatic carbocycles. The fourth-order valence-corrected chi connectivity index (χ4v) is 2.55. The molecule has 7 nitrogen and oxygen atoms in total. The maximum atomic E-state index is 12.1. The molecule has 3 aromatic rings. The summed E-state index contributed by atoms with van der Waals surface area (Å²) in [5.74, 6) is -1.26. The van der Waals surface area contributed by atoms with E-state index in [4.69, 9.17) is 5.11 Å². The zero-order valence-electron chi connectivity index (χ0n) is 10.7. The number of aliphatic carboxylic acids is 1. The molecule has 2 heterocycles. The minimum absolute atomic E-state index is 0.160. The lowest BCUT2D eigenvalue weighted by Gasteiger charge is -2.01. The van der Waals surface area contributed by atoms with Gasteiger partial charge in [-0.3, -0.25) is 20.0 Å². The zero-order chi connectivity index (χ0) is 14.8. The summed E-state index contributed by atoms with van der Waals surface area (Å²) >= 11 is 1.19. The van der Waals surface area contributed by atoms with Crippen LogP contribution in [0.2, 0.25) is 0 Å². The number of carboxylic acid groups (broad SMARTS) is 1. The summed E-state index contributed by atoms with van der Waals surface area (Å²) < 4.78 is 0. The van der Waals surface area contributed by atoms with Gasteiger partial charge in [0.2, 0.25) is 0 Å². The van der Waals surface area contributed by atoms with Crippen molar-refractivity contribution < 1.29 is 14.7 Å². The Morgan fingerprint density at radius 1 is 1.38 bits per heavy atom. The van der Waals surface area contributed by atoms with Crippen molar-refractivity contribution in [2.45, 2.75) is 6.42 Å². The number of carbonyl (C=O) groups is 2. The molecule has 0 atom stereocenters. The smallest absolute Gasteiger partial charge is 0.309 e. The summed E-state index contributed by atoms with van der Waals surface area (Å²) in [6.45, 7) is 0. The van der Waals surface area contributed by atoms with Gasteiger partial charge in [0.05, 0.1) is 23.8 Å². The number of aromatic nitrogens is 3. The molecular weight excluding hydrogens is 292 g/mol. The molecular formula is C13H10N4O3S. The topological polar surface area (TPSA) is 108 Å². The number of hydrogen-bond donors (Lipinski definition) is 3. The van der Waals surface area contributed by atoms with E-state index in [1.165, 1.54) is 11.3 Å². The number of nitrogens with one attached hydrogen (secondary N) is 2. The van der Waals surface area contributed by atoms with Crippen LogP contribution in [0, 0.1) is 0 Å². The number of anilines is 1. The molecule has 3 N–H and O–H groups in total. The number of amides is 1. The molecule has 3 rings (SSSR count). The van der Waals surface area contributed by atoms with Crippen LogP contribution >= 0.6 is 11.3 Å². The lowest BCUT2D eigenvalue weighted by molar-refractivity contribution is -0.136. The summed E-state index contributed by atoms with van der Waals surface area (Å²) in [7, 11) is 0. The highest BCUT2D eigenvalue weighted by molar-refractivity contribution is 7.14. The maximum absolute atomic E-state index is 12.1. The van der Waals surface area contributed by atoms with Gasteiger partial charge in [0, 0.05) is 16.3 Å². The molecule has 106 valence electrons.